The van der Waals surface area contributed by atoms with Gasteiger partial charge >= 0.3 is 5.97 Å². The highest BCUT2D eigenvalue weighted by Gasteiger charge is 2.24. The number of amides is 1. The van der Waals surface area contributed by atoms with E-state index in [1.54, 1.807) is 0 Å². The van der Waals surface area contributed by atoms with Gasteiger partial charge in [-0.25, -0.2) is 4.79 Å². The van der Waals surface area contributed by atoms with Crippen LogP contribution in [-0.2, 0) is 24.7 Å². The molecule has 0 aliphatic rings. The maximum atomic E-state index is 12.6. The number of hydrogen-bond acceptors (Lipinski definition) is 4. The first kappa shape index (κ1) is 19.2. The first-order valence-corrected chi connectivity index (χ1v) is 9.14. The van der Waals surface area contributed by atoms with Crippen LogP contribution in [0.2, 0.25) is 0 Å². The fourth-order valence-corrected chi connectivity index (χ4v) is 4.21. The molecule has 0 saturated carbocycles. The fourth-order valence-electron chi connectivity index (χ4n) is 3.07. The van der Waals surface area contributed by atoms with Crippen LogP contribution in [0.15, 0.2) is 0 Å². The van der Waals surface area contributed by atoms with Crippen LogP contribution in [-0.4, -0.2) is 26.8 Å². The molecule has 0 saturated heterocycles. The van der Waals surface area contributed by atoms with E-state index in [1.807, 2.05) is 46.3 Å². The molecule has 2 aromatic heterocycles. The molecule has 136 valence electrons. The Morgan fingerprint density at radius 1 is 1.28 bits per heavy atom. The Morgan fingerprint density at radius 2 is 1.92 bits per heavy atom. The summed E-state index contributed by atoms with van der Waals surface area (Å²) in [5, 5.41) is 17.1. The number of hydrogen-bond donors (Lipinski definition) is 2. The average molecular weight is 363 g/mol. The lowest BCUT2D eigenvalue weighted by Gasteiger charge is -2.12. The number of carboxylic acids is 1. The molecule has 0 aliphatic heterocycles. The van der Waals surface area contributed by atoms with Crippen LogP contribution in [0.3, 0.4) is 0 Å². The Bertz CT molecular complexity index is 820. The lowest BCUT2D eigenvalue weighted by Crippen LogP contribution is -2.23. The molecule has 25 heavy (non-hydrogen) atoms. The molecule has 7 heteroatoms. The summed E-state index contributed by atoms with van der Waals surface area (Å²) >= 11 is 1.33. The second-order valence-corrected chi connectivity index (χ2v) is 7.59. The molecular formula is C18H25N3O3S. The van der Waals surface area contributed by atoms with E-state index >= 15 is 0 Å². The number of carbonyl (C=O) groups is 2. The number of aryl methyl sites for hydroxylation is 3. The Labute approximate surface area is 151 Å². The van der Waals surface area contributed by atoms with Gasteiger partial charge in [0.15, 0.2) is 0 Å². The molecule has 0 radical (unpaired) electrons. The molecule has 1 amide bonds. The molecule has 0 fully saturated rings. The van der Waals surface area contributed by atoms with Crippen molar-refractivity contribution in [2.45, 2.75) is 47.5 Å². The lowest BCUT2D eigenvalue weighted by atomic mass is 9.99. The van der Waals surface area contributed by atoms with E-state index < -0.39 is 5.97 Å². The van der Waals surface area contributed by atoms with Crippen LogP contribution in [0.4, 0.5) is 5.00 Å². The minimum atomic E-state index is -0.997. The van der Waals surface area contributed by atoms with Crippen molar-refractivity contribution in [2.24, 2.45) is 13.0 Å². The van der Waals surface area contributed by atoms with Gasteiger partial charge in [-0.1, -0.05) is 13.8 Å². The predicted octanol–water partition coefficient (Wildman–Crippen LogP) is 3.48. The van der Waals surface area contributed by atoms with Crippen molar-refractivity contribution in [3.63, 3.8) is 0 Å². The van der Waals surface area contributed by atoms with Crippen LogP contribution < -0.4 is 5.32 Å². The highest BCUT2D eigenvalue weighted by atomic mass is 32.1. The molecule has 1 unspecified atom stereocenters. The van der Waals surface area contributed by atoms with E-state index in [0.717, 1.165) is 27.4 Å². The van der Waals surface area contributed by atoms with Crippen LogP contribution in [0.1, 0.15) is 51.6 Å². The number of aromatic nitrogens is 2. The Morgan fingerprint density at radius 3 is 2.40 bits per heavy atom. The highest BCUT2D eigenvalue weighted by Crippen LogP contribution is 2.34. The summed E-state index contributed by atoms with van der Waals surface area (Å²) in [6.45, 7) is 9.58. The molecule has 0 aliphatic carbocycles. The summed E-state index contributed by atoms with van der Waals surface area (Å²) in [6, 6.07) is 0. The summed E-state index contributed by atoms with van der Waals surface area (Å²) in [6.07, 6.45) is 1.20. The zero-order valence-electron chi connectivity index (χ0n) is 15.6. The number of thiophene rings is 1. The Balaban J connectivity index is 2.21. The van der Waals surface area contributed by atoms with E-state index in [0.29, 0.717) is 17.8 Å². The van der Waals surface area contributed by atoms with Crippen molar-refractivity contribution >= 4 is 28.2 Å². The summed E-state index contributed by atoms with van der Waals surface area (Å²) in [7, 11) is 1.89. The van der Waals surface area contributed by atoms with Gasteiger partial charge in [0.05, 0.1) is 11.3 Å². The number of anilines is 1. The van der Waals surface area contributed by atoms with Crippen molar-refractivity contribution in [1.29, 1.82) is 0 Å². The SMILES string of the molecule is CCc1c(C)sc(NC(=O)C(C)Cc2c(C)nn(C)c2C)c1C(=O)O. The van der Waals surface area contributed by atoms with Crippen LogP contribution in [0, 0.1) is 26.7 Å². The van der Waals surface area contributed by atoms with Gasteiger partial charge in [0, 0.05) is 23.5 Å². The molecule has 2 heterocycles. The lowest BCUT2D eigenvalue weighted by molar-refractivity contribution is -0.119. The van der Waals surface area contributed by atoms with E-state index in [4.69, 9.17) is 0 Å². The summed E-state index contributed by atoms with van der Waals surface area (Å²) < 4.78 is 1.81. The second-order valence-electron chi connectivity index (χ2n) is 6.37. The van der Waals surface area contributed by atoms with Crippen LogP contribution >= 0.6 is 11.3 Å². The number of aromatic carboxylic acids is 1. The van der Waals surface area contributed by atoms with Gasteiger partial charge in [0.25, 0.3) is 0 Å². The average Bonchev–Trinajstić information content (AvgIpc) is 2.97. The third kappa shape index (κ3) is 3.76. The molecule has 6 nitrogen and oxygen atoms in total. The maximum Gasteiger partial charge on any atom is 0.339 e. The summed E-state index contributed by atoms with van der Waals surface area (Å²) in [4.78, 5) is 25.1. The van der Waals surface area contributed by atoms with Gasteiger partial charge in [-0.15, -0.1) is 11.3 Å². The van der Waals surface area contributed by atoms with Crippen LogP contribution in [0.5, 0.6) is 0 Å². The molecule has 0 bridgehead atoms. The van der Waals surface area contributed by atoms with Gasteiger partial charge < -0.3 is 10.4 Å². The van der Waals surface area contributed by atoms with E-state index in [1.165, 1.54) is 11.3 Å². The van der Waals surface area contributed by atoms with Crippen molar-refractivity contribution in [1.82, 2.24) is 9.78 Å². The number of carboxylic acid groups (broad SMARTS) is 1. The largest absolute Gasteiger partial charge is 0.478 e. The Hall–Kier alpha value is -2.15. The summed E-state index contributed by atoms with van der Waals surface area (Å²) in [5.41, 5.74) is 4.05. The van der Waals surface area contributed by atoms with E-state index in [-0.39, 0.29) is 17.4 Å². The van der Waals surface area contributed by atoms with Gasteiger partial charge in [0.1, 0.15) is 5.00 Å². The van der Waals surface area contributed by atoms with Crippen molar-refractivity contribution in [3.05, 3.63) is 33.0 Å². The van der Waals surface area contributed by atoms with Gasteiger partial charge in [0.2, 0.25) is 5.91 Å². The quantitative estimate of drug-likeness (QED) is 0.823. The third-order valence-electron chi connectivity index (χ3n) is 4.63. The molecule has 0 spiro atoms. The van der Waals surface area contributed by atoms with Crippen molar-refractivity contribution in [3.8, 4) is 0 Å². The predicted molar refractivity (Wildman–Crippen MR) is 99.6 cm³/mol. The zero-order chi connectivity index (χ0) is 18.9. The normalized spacial score (nSPS) is 12.2. The van der Waals surface area contributed by atoms with Crippen LogP contribution in [0.25, 0.3) is 0 Å². The maximum absolute atomic E-state index is 12.6. The number of nitrogens with zero attached hydrogens (tertiary/aromatic N) is 2. The van der Waals surface area contributed by atoms with Gasteiger partial charge in [-0.05, 0) is 44.7 Å². The first-order valence-electron chi connectivity index (χ1n) is 8.32. The molecular weight excluding hydrogens is 338 g/mol. The second kappa shape index (κ2) is 7.39. The smallest absolute Gasteiger partial charge is 0.339 e. The minimum Gasteiger partial charge on any atom is -0.478 e. The monoisotopic (exact) mass is 363 g/mol. The standard InChI is InChI=1S/C18H25N3O3S/c1-7-13-12(5)25-17(15(13)18(23)24)19-16(22)9(2)8-14-10(3)20-21(6)11(14)4/h9H,7-8H2,1-6H3,(H,19,22)(H,23,24). The fraction of sp³-hybridized carbons (Fsp3) is 0.500. The summed E-state index contributed by atoms with van der Waals surface area (Å²) in [5.74, 6) is -1.45. The topological polar surface area (TPSA) is 84.2 Å². The molecule has 1 atom stereocenters. The molecule has 0 aromatic carbocycles. The highest BCUT2D eigenvalue weighted by molar-refractivity contribution is 7.16. The number of rotatable bonds is 6. The molecule has 2 aromatic rings. The van der Waals surface area contributed by atoms with Crippen molar-refractivity contribution < 1.29 is 14.7 Å². The minimum absolute atomic E-state index is 0.172. The Kier molecular flexibility index (Phi) is 5.67. The van der Waals surface area contributed by atoms with Gasteiger partial charge in [-0.3, -0.25) is 9.48 Å². The third-order valence-corrected chi connectivity index (χ3v) is 5.69. The zero-order valence-corrected chi connectivity index (χ0v) is 16.4. The van der Waals surface area contributed by atoms with E-state index in [2.05, 4.69) is 10.4 Å². The first-order chi connectivity index (χ1) is 11.7. The molecule has 2 rings (SSSR count). The van der Waals surface area contributed by atoms with Gasteiger partial charge in [-0.2, -0.15) is 5.10 Å². The van der Waals surface area contributed by atoms with Crippen molar-refractivity contribution in [2.75, 3.05) is 5.32 Å². The number of carbonyl (C=O) groups excluding carboxylic acids is 1. The molecule has 2 N–H and O–H groups in total. The van der Waals surface area contributed by atoms with E-state index in [9.17, 15) is 14.7 Å². The number of nitrogens with one attached hydrogen (secondary N) is 1.